The molecule has 0 rings (SSSR count). The van der Waals surface area contributed by atoms with E-state index in [0.29, 0.717) is 41.8 Å². The van der Waals surface area contributed by atoms with E-state index >= 15 is 0 Å². The van der Waals surface area contributed by atoms with E-state index in [9.17, 15) is 0 Å². The molecule has 54 valence electrons. The van der Waals surface area contributed by atoms with Gasteiger partial charge in [-0.3, -0.25) is 0 Å². The van der Waals surface area contributed by atoms with E-state index < -0.39 is 0 Å². The summed E-state index contributed by atoms with van der Waals surface area (Å²) >= 11 is 0.670. The van der Waals surface area contributed by atoms with Crippen LogP contribution in [-0.4, -0.2) is 41.8 Å². The molecule has 0 saturated carbocycles. The van der Waals surface area contributed by atoms with Gasteiger partial charge in [0.25, 0.3) is 0 Å². The average molecular weight is 353 g/mol. The minimum atomic E-state index is 0.335. The third kappa shape index (κ3) is 5.75. The van der Waals surface area contributed by atoms with Crippen LogP contribution in [0.4, 0.5) is 0 Å². The monoisotopic (exact) mass is 358 g/mol. The number of allylic oxidation sites excluding steroid dienone is 2. The van der Waals surface area contributed by atoms with Crippen LogP contribution >= 0.6 is 0 Å². The Morgan fingerprint density at radius 3 is 1.78 bits per heavy atom. The fourth-order valence-electron chi connectivity index (χ4n) is 0.504. The van der Waals surface area contributed by atoms with Crippen molar-refractivity contribution in [1.29, 1.82) is 0 Å². The first-order chi connectivity index (χ1) is 4.20. The summed E-state index contributed by atoms with van der Waals surface area (Å²) in [6, 6.07) is 0. The predicted octanol–water partition coefficient (Wildman–Crippen LogP) is 2.20. The molecule has 0 aromatic heterocycles. The van der Waals surface area contributed by atoms with E-state index in [-0.39, 0.29) is 0 Å². The molecule has 0 aliphatic carbocycles. The molecule has 0 amide bonds. The van der Waals surface area contributed by atoms with Gasteiger partial charge in [0, 0.05) is 0 Å². The number of hydrogen-bond acceptors (Lipinski definition) is 0. The predicted molar refractivity (Wildman–Crippen MR) is 46.4 cm³/mol. The molecular formula is C7H14Te2. The zero-order valence-corrected chi connectivity index (χ0v) is 11.1. The second-order valence-electron chi connectivity index (χ2n) is 2.08. The summed E-state index contributed by atoms with van der Waals surface area (Å²) in [4.78, 5) is 4.81. The van der Waals surface area contributed by atoms with Crippen LogP contribution in [0.1, 0.15) is 13.8 Å². The second-order valence-corrected chi connectivity index (χ2v) is 10.6. The molecule has 0 radical (unpaired) electrons. The summed E-state index contributed by atoms with van der Waals surface area (Å²) in [5, 5.41) is 0. The van der Waals surface area contributed by atoms with Gasteiger partial charge in [-0.25, -0.2) is 0 Å². The zero-order valence-electron chi connectivity index (χ0n) is 6.47. The maximum atomic E-state index is 2.48. The molecule has 0 aromatic carbocycles. The molecule has 0 fully saturated rings. The minimum absolute atomic E-state index is 0.335. The van der Waals surface area contributed by atoms with Crippen LogP contribution < -0.4 is 0 Å². The summed E-state index contributed by atoms with van der Waals surface area (Å²) < 4.78 is 1.07. The van der Waals surface area contributed by atoms with Gasteiger partial charge in [0.05, 0.1) is 0 Å². The van der Waals surface area contributed by atoms with Crippen LogP contribution in [-0.2, 0) is 0 Å². The molecule has 0 aliphatic heterocycles. The summed E-state index contributed by atoms with van der Waals surface area (Å²) in [5.74, 6) is 0. The van der Waals surface area contributed by atoms with Gasteiger partial charge in [-0.15, -0.1) is 0 Å². The molecule has 0 bridgehead atoms. The first-order valence-corrected chi connectivity index (χ1v) is 10.3. The van der Waals surface area contributed by atoms with Gasteiger partial charge in [-0.05, 0) is 0 Å². The number of rotatable bonds is 3. The molecule has 0 heterocycles. The van der Waals surface area contributed by atoms with Crippen molar-refractivity contribution in [3.05, 3.63) is 11.6 Å². The first kappa shape index (κ1) is 10.3. The fourth-order valence-corrected chi connectivity index (χ4v) is 7.07. The normalized spacial score (nSPS) is 9.89. The van der Waals surface area contributed by atoms with Gasteiger partial charge in [0.1, 0.15) is 0 Å². The Hall–Kier alpha value is 1.32. The van der Waals surface area contributed by atoms with Crippen molar-refractivity contribution in [1.82, 2.24) is 0 Å². The van der Waals surface area contributed by atoms with E-state index in [1.807, 2.05) is 0 Å². The molecule has 0 saturated heterocycles. The van der Waals surface area contributed by atoms with Gasteiger partial charge in [0.2, 0.25) is 0 Å². The molecule has 0 unspecified atom stereocenters. The van der Waals surface area contributed by atoms with Crippen molar-refractivity contribution >= 4 is 41.8 Å². The topological polar surface area (TPSA) is 0 Å². The fraction of sp³-hybridized carbons (Fsp3) is 0.714. The summed E-state index contributed by atoms with van der Waals surface area (Å²) in [6.07, 6.45) is 2.48. The Balaban J connectivity index is 3.68. The van der Waals surface area contributed by atoms with Gasteiger partial charge < -0.3 is 0 Å². The molecular weight excluding hydrogens is 339 g/mol. The maximum absolute atomic E-state index is 2.48. The molecule has 0 spiro atoms. The Labute approximate surface area is 78.6 Å². The van der Waals surface area contributed by atoms with Crippen LogP contribution in [0.2, 0.25) is 12.0 Å². The van der Waals surface area contributed by atoms with Crippen LogP contribution in [0.25, 0.3) is 0 Å². The van der Waals surface area contributed by atoms with E-state index in [4.69, 9.17) is 0 Å². The third-order valence-electron chi connectivity index (χ3n) is 0.934. The van der Waals surface area contributed by atoms with E-state index in [0.717, 1.165) is 2.01 Å². The van der Waals surface area contributed by atoms with Crippen molar-refractivity contribution in [3.8, 4) is 0 Å². The third-order valence-corrected chi connectivity index (χ3v) is 11.7. The van der Waals surface area contributed by atoms with Crippen LogP contribution in [0.3, 0.4) is 0 Å². The Morgan fingerprint density at radius 2 is 1.67 bits per heavy atom. The van der Waals surface area contributed by atoms with E-state index in [1.165, 1.54) is 5.57 Å². The van der Waals surface area contributed by atoms with Gasteiger partial charge in [-0.2, -0.15) is 0 Å². The van der Waals surface area contributed by atoms with Crippen molar-refractivity contribution in [3.63, 3.8) is 0 Å². The van der Waals surface area contributed by atoms with Gasteiger partial charge in [0.15, 0.2) is 0 Å². The summed E-state index contributed by atoms with van der Waals surface area (Å²) in [5.41, 5.74) is 1.51. The van der Waals surface area contributed by atoms with Crippen molar-refractivity contribution in [2.75, 3.05) is 0 Å². The van der Waals surface area contributed by atoms with Crippen molar-refractivity contribution in [2.45, 2.75) is 25.8 Å². The Morgan fingerprint density at radius 1 is 1.22 bits per heavy atom. The Bertz CT molecular complexity index is 89.1. The van der Waals surface area contributed by atoms with E-state index in [2.05, 4.69) is 29.9 Å². The molecule has 9 heavy (non-hydrogen) atoms. The molecule has 0 atom stereocenters. The molecule has 0 N–H and O–H groups in total. The zero-order chi connectivity index (χ0) is 7.28. The number of hydrogen-bond donors (Lipinski definition) is 0. The van der Waals surface area contributed by atoms with Crippen LogP contribution in [0.5, 0.6) is 0 Å². The van der Waals surface area contributed by atoms with Crippen LogP contribution in [0, 0.1) is 0 Å². The first-order valence-electron chi connectivity index (χ1n) is 2.91. The van der Waals surface area contributed by atoms with Crippen LogP contribution in [0.15, 0.2) is 11.6 Å². The van der Waals surface area contributed by atoms with E-state index in [1.54, 1.807) is 0 Å². The second kappa shape index (κ2) is 6.06. The molecule has 0 nitrogen and oxygen atoms in total. The Kier molecular flexibility index (Phi) is 6.94. The average Bonchev–Trinajstić information content (AvgIpc) is 1.82. The van der Waals surface area contributed by atoms with Gasteiger partial charge >= 0.3 is 79.3 Å². The summed E-state index contributed by atoms with van der Waals surface area (Å²) in [7, 11) is 0. The quantitative estimate of drug-likeness (QED) is 0.539. The molecule has 2 heteroatoms. The van der Waals surface area contributed by atoms with Gasteiger partial charge in [-0.1, -0.05) is 0 Å². The SMILES string of the molecule is C[Te]C(C=C(C)C)[Te]C. The van der Waals surface area contributed by atoms with Crippen molar-refractivity contribution in [2.24, 2.45) is 0 Å². The molecule has 0 aromatic rings. The summed E-state index contributed by atoms with van der Waals surface area (Å²) in [6.45, 7) is 4.41. The standard InChI is InChI=1S/C7H14Te2/c1-6(2)5-7(8-3)9-4/h5,7H,1-4H3. The molecule has 0 aliphatic rings. The van der Waals surface area contributed by atoms with Crippen molar-refractivity contribution < 1.29 is 0 Å².